The summed E-state index contributed by atoms with van der Waals surface area (Å²) < 4.78 is 16.0. The summed E-state index contributed by atoms with van der Waals surface area (Å²) in [5, 5.41) is 2.45. The maximum atomic E-state index is 12.6. The number of hydrogen-bond donors (Lipinski definition) is 1. The smallest absolute Gasteiger partial charge is 0.260 e. The highest BCUT2D eigenvalue weighted by molar-refractivity contribution is 7.17. The SMILES string of the molecule is COc1ccc(Cc2nc3scc(-c4ccco4)c3c(=O)[nH]2)cc1OC. The average molecular weight is 368 g/mol. The van der Waals surface area contributed by atoms with E-state index in [0.717, 1.165) is 11.1 Å². The van der Waals surface area contributed by atoms with Gasteiger partial charge in [0.05, 0.1) is 25.9 Å². The van der Waals surface area contributed by atoms with Crippen LogP contribution in [-0.4, -0.2) is 24.2 Å². The fraction of sp³-hybridized carbons (Fsp3) is 0.158. The van der Waals surface area contributed by atoms with E-state index in [1.807, 2.05) is 29.6 Å². The molecule has 0 unspecified atom stereocenters. The van der Waals surface area contributed by atoms with Crippen LogP contribution in [0.4, 0.5) is 0 Å². The van der Waals surface area contributed by atoms with Gasteiger partial charge in [0, 0.05) is 17.4 Å². The summed E-state index contributed by atoms with van der Waals surface area (Å²) in [7, 11) is 3.19. The number of ether oxygens (including phenoxy) is 2. The molecule has 0 aliphatic heterocycles. The second-order valence-electron chi connectivity index (χ2n) is 5.69. The molecular formula is C19H16N2O4S. The lowest BCUT2D eigenvalue weighted by molar-refractivity contribution is 0.354. The zero-order chi connectivity index (χ0) is 18.1. The molecule has 0 spiro atoms. The second-order valence-corrected chi connectivity index (χ2v) is 6.54. The predicted octanol–water partition coefficient (Wildman–Crippen LogP) is 3.85. The largest absolute Gasteiger partial charge is 0.493 e. The van der Waals surface area contributed by atoms with E-state index in [9.17, 15) is 4.79 Å². The number of thiophene rings is 1. The molecule has 3 heterocycles. The Morgan fingerprint density at radius 3 is 2.77 bits per heavy atom. The predicted molar refractivity (Wildman–Crippen MR) is 100 cm³/mol. The van der Waals surface area contributed by atoms with Crippen molar-refractivity contribution in [1.82, 2.24) is 9.97 Å². The average Bonchev–Trinajstić information content (AvgIpc) is 3.31. The Kier molecular flexibility index (Phi) is 4.22. The van der Waals surface area contributed by atoms with Crippen LogP contribution in [0.1, 0.15) is 11.4 Å². The Morgan fingerprint density at radius 2 is 2.04 bits per heavy atom. The fourth-order valence-electron chi connectivity index (χ4n) is 2.87. The van der Waals surface area contributed by atoms with Gasteiger partial charge in [-0.25, -0.2) is 4.98 Å². The number of nitrogens with zero attached hydrogens (tertiary/aromatic N) is 1. The summed E-state index contributed by atoms with van der Waals surface area (Å²) in [5.41, 5.74) is 1.56. The number of aromatic nitrogens is 2. The molecule has 0 fully saturated rings. The number of fused-ring (bicyclic) bond motifs is 1. The van der Waals surface area contributed by atoms with Gasteiger partial charge >= 0.3 is 0 Å². The van der Waals surface area contributed by atoms with Gasteiger partial charge < -0.3 is 18.9 Å². The summed E-state index contributed by atoms with van der Waals surface area (Å²) >= 11 is 1.43. The van der Waals surface area contributed by atoms with Crippen LogP contribution in [0.3, 0.4) is 0 Å². The first-order valence-corrected chi connectivity index (χ1v) is 8.82. The number of benzene rings is 1. The Bertz CT molecular complexity index is 1110. The van der Waals surface area contributed by atoms with Crippen molar-refractivity contribution in [3.05, 3.63) is 63.7 Å². The minimum absolute atomic E-state index is 0.168. The lowest BCUT2D eigenvalue weighted by Gasteiger charge is -2.09. The van der Waals surface area contributed by atoms with Crippen LogP contribution in [0, 0.1) is 0 Å². The molecule has 0 saturated carbocycles. The van der Waals surface area contributed by atoms with Crippen LogP contribution >= 0.6 is 11.3 Å². The number of aromatic amines is 1. The number of methoxy groups -OCH3 is 2. The Labute approximate surface area is 153 Å². The van der Waals surface area contributed by atoms with Crippen LogP contribution in [0.2, 0.25) is 0 Å². The van der Waals surface area contributed by atoms with Crippen molar-refractivity contribution in [3.8, 4) is 22.8 Å². The molecule has 0 amide bonds. The summed E-state index contributed by atoms with van der Waals surface area (Å²) in [6.07, 6.45) is 2.07. The molecule has 4 aromatic rings. The van der Waals surface area contributed by atoms with Crippen LogP contribution in [0.25, 0.3) is 21.5 Å². The highest BCUT2D eigenvalue weighted by Gasteiger charge is 2.15. The molecule has 0 atom stereocenters. The van der Waals surface area contributed by atoms with Gasteiger partial charge in [-0.15, -0.1) is 11.3 Å². The Balaban J connectivity index is 1.72. The Hall–Kier alpha value is -3.06. The Morgan fingerprint density at radius 1 is 1.19 bits per heavy atom. The first-order valence-electron chi connectivity index (χ1n) is 7.94. The number of rotatable bonds is 5. The van der Waals surface area contributed by atoms with E-state index in [4.69, 9.17) is 13.9 Å². The summed E-state index contributed by atoms with van der Waals surface area (Å²) in [6, 6.07) is 9.27. The normalized spacial score (nSPS) is 11.0. The van der Waals surface area contributed by atoms with Crippen molar-refractivity contribution < 1.29 is 13.9 Å². The molecule has 26 heavy (non-hydrogen) atoms. The van der Waals surface area contributed by atoms with E-state index < -0.39 is 0 Å². The molecule has 4 rings (SSSR count). The van der Waals surface area contributed by atoms with Gasteiger partial charge in [0.2, 0.25) is 0 Å². The molecule has 0 bridgehead atoms. The van der Waals surface area contributed by atoms with E-state index >= 15 is 0 Å². The molecule has 0 saturated heterocycles. The van der Waals surface area contributed by atoms with E-state index in [2.05, 4.69) is 9.97 Å². The summed E-state index contributed by atoms with van der Waals surface area (Å²) in [6.45, 7) is 0. The standard InChI is InChI=1S/C19H16N2O4S/c1-23-14-6-5-11(8-15(14)24-2)9-16-20-18(22)17-12(10-26-19(17)21-16)13-4-3-7-25-13/h3-8,10H,9H2,1-2H3,(H,20,21,22). The molecule has 0 radical (unpaired) electrons. The van der Waals surface area contributed by atoms with Gasteiger partial charge in [-0.2, -0.15) is 0 Å². The minimum atomic E-state index is -0.168. The highest BCUT2D eigenvalue weighted by Crippen LogP contribution is 2.31. The lowest BCUT2D eigenvalue weighted by atomic mass is 10.1. The van der Waals surface area contributed by atoms with Crippen molar-refractivity contribution >= 4 is 21.6 Å². The minimum Gasteiger partial charge on any atom is -0.493 e. The molecule has 0 aliphatic rings. The van der Waals surface area contributed by atoms with Gasteiger partial charge in [0.1, 0.15) is 16.4 Å². The third-order valence-electron chi connectivity index (χ3n) is 4.10. The molecule has 132 valence electrons. The number of hydrogen-bond acceptors (Lipinski definition) is 6. The molecule has 7 heteroatoms. The van der Waals surface area contributed by atoms with Gasteiger partial charge in [-0.1, -0.05) is 6.07 Å². The molecule has 0 aliphatic carbocycles. The van der Waals surface area contributed by atoms with E-state index in [-0.39, 0.29) is 5.56 Å². The zero-order valence-corrected chi connectivity index (χ0v) is 15.1. The zero-order valence-electron chi connectivity index (χ0n) is 14.2. The molecule has 3 aromatic heterocycles. The van der Waals surface area contributed by atoms with E-state index in [1.165, 1.54) is 11.3 Å². The maximum Gasteiger partial charge on any atom is 0.260 e. The molecular weight excluding hydrogens is 352 g/mol. The fourth-order valence-corrected chi connectivity index (χ4v) is 3.82. The van der Waals surface area contributed by atoms with Crippen LogP contribution < -0.4 is 15.0 Å². The van der Waals surface area contributed by atoms with Crippen molar-refractivity contribution in [2.24, 2.45) is 0 Å². The summed E-state index contributed by atoms with van der Waals surface area (Å²) in [4.78, 5) is 20.8. The van der Waals surface area contributed by atoms with Crippen molar-refractivity contribution in [1.29, 1.82) is 0 Å². The van der Waals surface area contributed by atoms with Crippen LogP contribution in [0.15, 0.2) is 51.2 Å². The van der Waals surface area contributed by atoms with Crippen molar-refractivity contribution in [2.75, 3.05) is 14.2 Å². The van der Waals surface area contributed by atoms with E-state index in [1.54, 1.807) is 26.5 Å². The number of furan rings is 1. The highest BCUT2D eigenvalue weighted by atomic mass is 32.1. The second kappa shape index (κ2) is 6.68. The van der Waals surface area contributed by atoms with Crippen LogP contribution in [0.5, 0.6) is 11.5 Å². The van der Waals surface area contributed by atoms with Gasteiger partial charge in [-0.3, -0.25) is 4.79 Å². The molecule has 1 N–H and O–H groups in total. The first-order chi connectivity index (χ1) is 12.7. The van der Waals surface area contributed by atoms with Crippen molar-refractivity contribution in [2.45, 2.75) is 6.42 Å². The van der Waals surface area contributed by atoms with E-state index in [0.29, 0.717) is 39.7 Å². The third-order valence-corrected chi connectivity index (χ3v) is 4.97. The topological polar surface area (TPSA) is 77.4 Å². The number of H-pyrrole nitrogens is 1. The maximum absolute atomic E-state index is 12.6. The molecule has 6 nitrogen and oxygen atoms in total. The lowest BCUT2D eigenvalue weighted by Crippen LogP contribution is -2.11. The first kappa shape index (κ1) is 16.4. The van der Waals surface area contributed by atoms with Gasteiger partial charge in [0.25, 0.3) is 5.56 Å². The van der Waals surface area contributed by atoms with Crippen LogP contribution in [-0.2, 0) is 6.42 Å². The molecule has 1 aromatic carbocycles. The quantitative estimate of drug-likeness (QED) is 0.579. The van der Waals surface area contributed by atoms with Gasteiger partial charge in [-0.05, 0) is 29.8 Å². The monoisotopic (exact) mass is 368 g/mol. The summed E-state index contributed by atoms with van der Waals surface area (Å²) in [5.74, 6) is 2.57. The third kappa shape index (κ3) is 2.86. The van der Waals surface area contributed by atoms with Crippen molar-refractivity contribution in [3.63, 3.8) is 0 Å². The van der Waals surface area contributed by atoms with Gasteiger partial charge in [0.15, 0.2) is 11.5 Å². The number of nitrogens with one attached hydrogen (secondary N) is 1.